The van der Waals surface area contributed by atoms with Gasteiger partial charge in [-0.3, -0.25) is 14.2 Å². The first-order valence-corrected chi connectivity index (χ1v) is 17.2. The standard InChI is InChI=1S/C24H40ClN6O7PS2/c1-8-34-21-19-20(29-23(26)30-21)31(14-27-19)16(4)38-17(11-25)13-36-39(40,28-12-18(32)37-15(2)3)35-9-10-41-22(33)24(5,6)7/h14-17H,8-13H2,1-7H3,(H,28,40)(H2,26,29,30)/t16?,17?,39-/m1/s1. The van der Waals surface area contributed by atoms with Gasteiger partial charge in [0.15, 0.2) is 16.3 Å². The van der Waals surface area contributed by atoms with Crippen molar-refractivity contribution in [3.05, 3.63) is 6.33 Å². The van der Waals surface area contributed by atoms with E-state index in [9.17, 15) is 9.59 Å². The summed E-state index contributed by atoms with van der Waals surface area (Å²) in [4.78, 5) is 37.1. The molecule has 2 unspecified atom stereocenters. The van der Waals surface area contributed by atoms with Gasteiger partial charge >= 0.3 is 5.97 Å². The van der Waals surface area contributed by atoms with Crippen molar-refractivity contribution >= 4 is 70.0 Å². The molecule has 2 heterocycles. The largest absolute Gasteiger partial charge is 0.476 e. The molecule has 2 aromatic rings. The van der Waals surface area contributed by atoms with Crippen LogP contribution in [-0.2, 0) is 39.9 Å². The van der Waals surface area contributed by atoms with Crippen molar-refractivity contribution in [2.24, 2.45) is 5.41 Å². The van der Waals surface area contributed by atoms with Crippen molar-refractivity contribution in [1.29, 1.82) is 0 Å². The van der Waals surface area contributed by atoms with E-state index in [4.69, 9.17) is 52.4 Å². The van der Waals surface area contributed by atoms with Gasteiger partial charge in [0, 0.05) is 11.2 Å². The number of hydrogen-bond acceptors (Lipinski definition) is 13. The molecule has 2 rings (SSSR count). The molecule has 232 valence electrons. The number of fused-ring (bicyclic) bond motifs is 1. The summed E-state index contributed by atoms with van der Waals surface area (Å²) in [5.41, 5.74) is 6.26. The number of hydrogen-bond donors (Lipinski definition) is 2. The van der Waals surface area contributed by atoms with Crippen molar-refractivity contribution in [3.63, 3.8) is 0 Å². The van der Waals surface area contributed by atoms with E-state index in [1.807, 2.05) is 27.7 Å². The van der Waals surface area contributed by atoms with Gasteiger partial charge in [-0.1, -0.05) is 32.5 Å². The molecule has 41 heavy (non-hydrogen) atoms. The molecule has 0 saturated heterocycles. The zero-order valence-electron chi connectivity index (χ0n) is 24.4. The Morgan fingerprint density at radius 1 is 1.24 bits per heavy atom. The van der Waals surface area contributed by atoms with Gasteiger partial charge in [0.05, 0.1) is 44.2 Å². The molecule has 0 aromatic carbocycles. The predicted molar refractivity (Wildman–Crippen MR) is 164 cm³/mol. The van der Waals surface area contributed by atoms with E-state index < -0.39 is 30.4 Å². The van der Waals surface area contributed by atoms with Crippen molar-refractivity contribution in [1.82, 2.24) is 24.6 Å². The molecule has 0 aliphatic rings. The number of esters is 1. The molecule has 0 bridgehead atoms. The number of nitrogens with two attached hydrogens (primary N) is 1. The molecule has 0 radical (unpaired) electrons. The average molecular weight is 655 g/mol. The van der Waals surface area contributed by atoms with E-state index in [1.54, 1.807) is 31.7 Å². The molecule has 0 fully saturated rings. The van der Waals surface area contributed by atoms with Crippen LogP contribution in [0.2, 0.25) is 0 Å². The van der Waals surface area contributed by atoms with Crippen molar-refractivity contribution in [2.75, 3.05) is 43.7 Å². The van der Waals surface area contributed by atoms with Crippen LogP contribution in [0.4, 0.5) is 5.95 Å². The third-order valence-electron chi connectivity index (χ3n) is 5.05. The Hall–Kier alpha value is -1.58. The maximum atomic E-state index is 12.2. The maximum Gasteiger partial charge on any atom is 0.320 e. The Balaban J connectivity index is 2.09. The third kappa shape index (κ3) is 11.6. The number of nitrogens with zero attached hydrogens (tertiary/aromatic N) is 4. The third-order valence-corrected chi connectivity index (χ3v) is 9.21. The first-order chi connectivity index (χ1) is 19.2. The number of ether oxygens (including phenoxy) is 3. The lowest BCUT2D eigenvalue weighted by molar-refractivity contribution is -0.145. The Labute approximate surface area is 255 Å². The molecular weight excluding hydrogens is 615 g/mol. The van der Waals surface area contributed by atoms with E-state index in [1.165, 1.54) is 0 Å². The molecule has 17 heteroatoms. The summed E-state index contributed by atoms with van der Waals surface area (Å²) in [5, 5.41) is 2.91. The van der Waals surface area contributed by atoms with Gasteiger partial charge in [-0.2, -0.15) is 9.97 Å². The molecule has 0 aliphatic heterocycles. The SMILES string of the molecule is CCOc1nc(N)nc2c1ncn2C(C)OC(CCl)CO[P@@](=S)(NCC(=O)OC(C)C)OCCSC(=O)C(C)(C)C. The maximum absolute atomic E-state index is 12.2. The van der Waals surface area contributed by atoms with Crippen molar-refractivity contribution < 1.29 is 32.8 Å². The summed E-state index contributed by atoms with van der Waals surface area (Å²) >= 11 is 13.0. The highest BCUT2D eigenvalue weighted by Crippen LogP contribution is 2.44. The lowest BCUT2D eigenvalue weighted by Gasteiger charge is -2.27. The molecule has 0 spiro atoms. The number of aromatic nitrogens is 4. The number of nitrogens with one attached hydrogen (secondary N) is 1. The zero-order chi connectivity index (χ0) is 30.8. The van der Waals surface area contributed by atoms with E-state index in [-0.39, 0.29) is 48.7 Å². The fraction of sp³-hybridized carbons (Fsp3) is 0.708. The van der Waals surface area contributed by atoms with E-state index >= 15 is 0 Å². The van der Waals surface area contributed by atoms with Gasteiger partial charge in [0.25, 0.3) is 6.64 Å². The number of rotatable bonds is 17. The van der Waals surface area contributed by atoms with Crippen LogP contribution in [-0.4, -0.2) is 80.8 Å². The summed E-state index contributed by atoms with van der Waals surface area (Å²) in [5.74, 6) is 0.246. The Morgan fingerprint density at radius 2 is 1.95 bits per heavy atom. The monoisotopic (exact) mass is 654 g/mol. The highest BCUT2D eigenvalue weighted by atomic mass is 35.5. The second-order valence-corrected chi connectivity index (χ2v) is 14.7. The number of thioether (sulfide) groups is 1. The molecule has 0 saturated carbocycles. The molecule has 2 aromatic heterocycles. The van der Waals surface area contributed by atoms with Crippen molar-refractivity contribution in [3.8, 4) is 5.88 Å². The highest BCUT2D eigenvalue weighted by molar-refractivity contribution is 8.13. The number of carbonyl (C=O) groups excluding carboxylic acids is 2. The number of alkyl halides is 1. The van der Waals surface area contributed by atoms with Gasteiger partial charge in [0.1, 0.15) is 12.8 Å². The van der Waals surface area contributed by atoms with Crippen LogP contribution >= 0.6 is 30.0 Å². The van der Waals surface area contributed by atoms with E-state index in [2.05, 4.69) is 20.0 Å². The van der Waals surface area contributed by atoms with Crippen LogP contribution in [0, 0.1) is 5.41 Å². The van der Waals surface area contributed by atoms with Crippen LogP contribution in [0.15, 0.2) is 6.33 Å². The summed E-state index contributed by atoms with van der Waals surface area (Å²) in [6.45, 7) is 9.70. The molecule has 0 aliphatic carbocycles. The van der Waals surface area contributed by atoms with Crippen LogP contribution in [0.25, 0.3) is 11.2 Å². The second-order valence-electron chi connectivity index (χ2n) is 10.0. The van der Waals surface area contributed by atoms with Crippen LogP contribution in [0.1, 0.15) is 54.7 Å². The minimum atomic E-state index is -3.20. The lowest BCUT2D eigenvalue weighted by Crippen LogP contribution is -2.29. The quantitative estimate of drug-likeness (QED) is 0.109. The number of halogens is 1. The Kier molecular flexibility index (Phi) is 14.2. The first-order valence-electron chi connectivity index (χ1n) is 13.0. The normalized spacial score (nSPS) is 15.0. The van der Waals surface area contributed by atoms with E-state index in [0.29, 0.717) is 23.5 Å². The number of carbonyl (C=O) groups is 2. The lowest BCUT2D eigenvalue weighted by atomic mass is 10.00. The Morgan fingerprint density at radius 3 is 2.56 bits per heavy atom. The minimum absolute atomic E-state index is 0.0285. The first kappa shape index (κ1) is 35.6. The Bertz CT molecular complexity index is 1210. The van der Waals surface area contributed by atoms with Crippen LogP contribution in [0.3, 0.4) is 0 Å². The molecule has 3 N–H and O–H groups in total. The van der Waals surface area contributed by atoms with Gasteiger partial charge in [0.2, 0.25) is 11.8 Å². The zero-order valence-corrected chi connectivity index (χ0v) is 27.7. The molecule has 13 nitrogen and oxygen atoms in total. The highest BCUT2D eigenvalue weighted by Gasteiger charge is 2.26. The number of nitrogen functional groups attached to an aromatic ring is 1. The van der Waals surface area contributed by atoms with Crippen LogP contribution in [0.5, 0.6) is 5.88 Å². The fourth-order valence-electron chi connectivity index (χ4n) is 3.16. The van der Waals surface area contributed by atoms with Gasteiger partial charge in [-0.25, -0.2) is 10.1 Å². The number of imidazole rings is 1. The van der Waals surface area contributed by atoms with Gasteiger partial charge in [-0.05, 0) is 39.5 Å². The molecular formula is C24H40ClN6O7PS2. The minimum Gasteiger partial charge on any atom is -0.476 e. The van der Waals surface area contributed by atoms with Crippen LogP contribution < -0.4 is 15.6 Å². The second kappa shape index (κ2) is 16.3. The average Bonchev–Trinajstić information content (AvgIpc) is 3.31. The summed E-state index contributed by atoms with van der Waals surface area (Å²) in [7, 11) is 0. The summed E-state index contributed by atoms with van der Waals surface area (Å²) < 4.78 is 30.4. The summed E-state index contributed by atoms with van der Waals surface area (Å²) in [6, 6.07) is 0. The fourth-order valence-corrected chi connectivity index (χ4v) is 6.10. The molecule has 0 amide bonds. The van der Waals surface area contributed by atoms with E-state index in [0.717, 1.165) is 11.8 Å². The molecule has 3 atom stereocenters. The van der Waals surface area contributed by atoms with Gasteiger partial charge in [-0.15, -0.1) is 11.6 Å². The number of anilines is 1. The van der Waals surface area contributed by atoms with Gasteiger partial charge < -0.3 is 29.0 Å². The van der Waals surface area contributed by atoms with Crippen molar-refractivity contribution in [2.45, 2.75) is 66.9 Å². The summed E-state index contributed by atoms with van der Waals surface area (Å²) in [6.07, 6.45) is 0.0543. The predicted octanol–water partition coefficient (Wildman–Crippen LogP) is 4.05. The topological polar surface area (TPSA) is 162 Å². The smallest absolute Gasteiger partial charge is 0.320 e.